The summed E-state index contributed by atoms with van der Waals surface area (Å²) in [4.78, 5) is 34.2. The molecule has 1 aliphatic rings. The number of carbonyl (C=O) groups excluding carboxylic acids is 2. The number of piperazine rings is 1. The molecule has 2 aromatic heterocycles. The molecule has 0 saturated carbocycles. The summed E-state index contributed by atoms with van der Waals surface area (Å²) in [6, 6.07) is 6.03. The van der Waals surface area contributed by atoms with Crippen molar-refractivity contribution < 1.29 is 27.5 Å². The van der Waals surface area contributed by atoms with Gasteiger partial charge in [-0.25, -0.2) is 9.48 Å². The molecule has 0 aliphatic carbocycles. The summed E-state index contributed by atoms with van der Waals surface area (Å²) in [5.41, 5.74) is -0.686. The van der Waals surface area contributed by atoms with E-state index in [0.717, 1.165) is 25.4 Å². The summed E-state index contributed by atoms with van der Waals surface area (Å²) >= 11 is 0. The van der Waals surface area contributed by atoms with Crippen molar-refractivity contribution in [2.45, 2.75) is 46.2 Å². The highest BCUT2D eigenvalue weighted by Crippen LogP contribution is 2.36. The summed E-state index contributed by atoms with van der Waals surface area (Å²) in [6.07, 6.45) is -2.39. The van der Waals surface area contributed by atoms with Crippen LogP contribution in [0.2, 0.25) is 0 Å². The largest absolute Gasteiger partial charge is 0.461 e. The predicted molar refractivity (Wildman–Crippen MR) is 152 cm³/mol. The molecule has 0 unspecified atom stereocenters. The predicted octanol–water partition coefficient (Wildman–Crippen LogP) is 4.80. The Morgan fingerprint density at radius 2 is 1.76 bits per heavy atom. The monoisotopic (exact) mass is 587 g/mol. The van der Waals surface area contributed by atoms with Gasteiger partial charge in [-0.3, -0.25) is 9.78 Å². The number of hydrogen-bond donors (Lipinski definition) is 1. The summed E-state index contributed by atoms with van der Waals surface area (Å²) in [5.74, 6) is -1.42. The Hall–Kier alpha value is -4.00. The average molecular weight is 588 g/mol. The van der Waals surface area contributed by atoms with Gasteiger partial charge in [-0.15, -0.1) is 5.10 Å². The molecule has 1 amide bonds. The van der Waals surface area contributed by atoms with E-state index in [1.54, 1.807) is 39.0 Å². The van der Waals surface area contributed by atoms with Crippen molar-refractivity contribution >= 4 is 23.3 Å². The van der Waals surface area contributed by atoms with Crippen LogP contribution in [-0.2, 0) is 16.3 Å². The number of nitrogens with one attached hydrogen (secondary N) is 1. The van der Waals surface area contributed by atoms with Crippen LogP contribution in [0.3, 0.4) is 0 Å². The van der Waals surface area contributed by atoms with E-state index in [1.165, 1.54) is 10.9 Å². The maximum Gasteiger partial charge on any atom is 0.417 e. The zero-order valence-electron chi connectivity index (χ0n) is 24.6. The van der Waals surface area contributed by atoms with Gasteiger partial charge in [0.1, 0.15) is 0 Å². The normalized spacial score (nSPS) is 14.8. The quantitative estimate of drug-likeness (QED) is 0.394. The number of benzene rings is 1. The van der Waals surface area contributed by atoms with E-state index in [1.807, 2.05) is 20.9 Å². The molecule has 13 heteroatoms. The first kappa shape index (κ1) is 30.9. The summed E-state index contributed by atoms with van der Waals surface area (Å²) in [6.45, 7) is 12.2. The molecule has 1 saturated heterocycles. The number of anilines is 2. The molecule has 1 aliphatic heterocycles. The second-order valence-corrected chi connectivity index (χ2v) is 11.8. The van der Waals surface area contributed by atoms with Gasteiger partial charge in [0.2, 0.25) is 0 Å². The Morgan fingerprint density at radius 3 is 2.38 bits per heavy atom. The van der Waals surface area contributed by atoms with Crippen LogP contribution in [-0.4, -0.2) is 76.6 Å². The molecule has 1 aromatic carbocycles. The van der Waals surface area contributed by atoms with E-state index in [-0.39, 0.29) is 29.6 Å². The highest BCUT2D eigenvalue weighted by atomic mass is 19.4. The van der Waals surface area contributed by atoms with Crippen molar-refractivity contribution in [3.8, 4) is 5.69 Å². The van der Waals surface area contributed by atoms with Crippen LogP contribution in [0.4, 0.5) is 24.5 Å². The van der Waals surface area contributed by atoms with E-state index in [2.05, 4.69) is 30.4 Å². The van der Waals surface area contributed by atoms with Gasteiger partial charge in [-0.1, -0.05) is 39.8 Å². The summed E-state index contributed by atoms with van der Waals surface area (Å²) < 4.78 is 48.9. The number of alkyl halides is 3. The van der Waals surface area contributed by atoms with Gasteiger partial charge in [0.05, 0.1) is 41.0 Å². The first-order chi connectivity index (χ1) is 19.6. The molecule has 0 spiro atoms. The highest BCUT2D eigenvalue weighted by molar-refractivity contribution is 6.07. The molecular formula is C29H36F3N7O3. The number of halogens is 3. The Kier molecular flexibility index (Phi) is 8.90. The van der Waals surface area contributed by atoms with Crippen LogP contribution in [0.15, 0.2) is 36.7 Å². The minimum Gasteiger partial charge on any atom is -0.461 e. The number of nitrogens with zero attached hydrogens (tertiary/aromatic N) is 6. The first-order valence-corrected chi connectivity index (χ1v) is 13.7. The average Bonchev–Trinajstić information content (AvgIpc) is 3.41. The first-order valence-electron chi connectivity index (χ1n) is 13.7. The van der Waals surface area contributed by atoms with E-state index >= 15 is 0 Å². The number of rotatable bonds is 7. The van der Waals surface area contributed by atoms with Crippen LogP contribution in [0.1, 0.15) is 66.7 Å². The fraction of sp³-hybridized carbons (Fsp3) is 0.483. The molecule has 42 heavy (non-hydrogen) atoms. The summed E-state index contributed by atoms with van der Waals surface area (Å²) in [5, 5.41) is 10.6. The summed E-state index contributed by atoms with van der Waals surface area (Å²) in [7, 11) is 2.00. The zero-order chi connectivity index (χ0) is 30.8. The third-order valence-corrected chi connectivity index (χ3v) is 6.81. The van der Waals surface area contributed by atoms with Gasteiger partial charge in [-0.2, -0.15) is 13.2 Å². The molecule has 0 bridgehead atoms. The fourth-order valence-electron chi connectivity index (χ4n) is 4.36. The molecule has 1 N–H and O–H groups in total. The van der Waals surface area contributed by atoms with Crippen LogP contribution in [0.5, 0.6) is 0 Å². The van der Waals surface area contributed by atoms with Gasteiger partial charge >= 0.3 is 12.1 Å². The molecule has 1 fully saturated rings. The lowest BCUT2D eigenvalue weighted by atomic mass is 9.90. The number of esters is 1. The van der Waals surface area contributed by atoms with Crippen molar-refractivity contribution in [3.63, 3.8) is 0 Å². The third-order valence-electron chi connectivity index (χ3n) is 6.81. The number of carbonyl (C=O) groups is 2. The smallest absolute Gasteiger partial charge is 0.417 e. The van der Waals surface area contributed by atoms with Crippen molar-refractivity contribution in [2.75, 3.05) is 50.1 Å². The second-order valence-electron chi connectivity index (χ2n) is 11.8. The lowest BCUT2D eigenvalue weighted by Gasteiger charge is -2.35. The Morgan fingerprint density at radius 1 is 1.07 bits per heavy atom. The molecule has 10 nitrogen and oxygen atoms in total. The number of aromatic nitrogens is 4. The molecule has 226 valence electrons. The van der Waals surface area contributed by atoms with Crippen molar-refractivity contribution in [2.24, 2.45) is 5.92 Å². The minimum absolute atomic E-state index is 0.00390. The zero-order valence-corrected chi connectivity index (χ0v) is 24.6. The van der Waals surface area contributed by atoms with Gasteiger partial charge in [0, 0.05) is 43.5 Å². The lowest BCUT2D eigenvalue weighted by molar-refractivity contribution is -0.138. The van der Waals surface area contributed by atoms with Crippen molar-refractivity contribution in [1.82, 2.24) is 24.9 Å². The van der Waals surface area contributed by atoms with Crippen LogP contribution >= 0.6 is 0 Å². The number of likely N-dealkylation sites (N-methyl/N-ethyl adjacent to an activating group) is 1. The van der Waals surface area contributed by atoms with E-state index in [9.17, 15) is 22.8 Å². The van der Waals surface area contributed by atoms with E-state index in [0.29, 0.717) is 24.5 Å². The third kappa shape index (κ3) is 7.25. The van der Waals surface area contributed by atoms with Crippen molar-refractivity contribution in [3.05, 3.63) is 59.2 Å². The highest BCUT2D eigenvalue weighted by Gasteiger charge is 2.37. The molecule has 3 aromatic rings. The van der Waals surface area contributed by atoms with Crippen LogP contribution in [0, 0.1) is 5.92 Å². The lowest BCUT2D eigenvalue weighted by Crippen LogP contribution is -2.44. The molecule has 0 radical (unpaired) electrons. The Balaban J connectivity index is 1.70. The van der Waals surface area contributed by atoms with Crippen molar-refractivity contribution in [1.29, 1.82) is 0 Å². The van der Waals surface area contributed by atoms with Crippen LogP contribution in [0.25, 0.3) is 5.69 Å². The molecule has 3 heterocycles. The topological polar surface area (TPSA) is 105 Å². The van der Waals surface area contributed by atoms with Gasteiger partial charge in [-0.05, 0) is 37.2 Å². The number of pyridine rings is 1. The Bertz CT molecular complexity index is 1440. The van der Waals surface area contributed by atoms with Gasteiger partial charge in [0.15, 0.2) is 5.69 Å². The maximum atomic E-state index is 14.1. The number of hydrogen-bond acceptors (Lipinski definition) is 8. The van der Waals surface area contributed by atoms with E-state index < -0.39 is 34.6 Å². The fourth-order valence-corrected chi connectivity index (χ4v) is 4.36. The van der Waals surface area contributed by atoms with E-state index in [4.69, 9.17) is 4.74 Å². The maximum absolute atomic E-state index is 14.1. The molecule has 4 rings (SSSR count). The second kappa shape index (κ2) is 12.1. The number of amides is 1. The SMILES string of the molecule is CC(C)COC(=O)c1cn(-c2ccc(N3CCN(C)CC3)c(NC(=O)c3cnc(C(C)(C)C)cc3C(F)(F)F)c2)nn1. The molecule has 0 atom stereocenters. The minimum atomic E-state index is -4.76. The van der Waals surface area contributed by atoms with Gasteiger partial charge < -0.3 is 19.9 Å². The number of ether oxygens (including phenoxy) is 1. The van der Waals surface area contributed by atoms with Crippen LogP contribution < -0.4 is 10.2 Å². The van der Waals surface area contributed by atoms with Gasteiger partial charge in [0.25, 0.3) is 5.91 Å². The standard InChI is InChI=1S/C29H36F3N7O3/c1-18(2)17-42-27(41)23-16-39(36-35-23)19-7-8-24(38-11-9-37(6)10-12-38)22(13-19)34-26(40)20-15-33-25(28(3,4)5)14-21(20)29(30,31)32/h7-8,13-16,18H,9-12,17H2,1-6H3,(H,34,40). The molecular weight excluding hydrogens is 551 g/mol. The Labute approximate surface area is 242 Å².